The van der Waals surface area contributed by atoms with E-state index >= 15 is 0 Å². The first-order valence-corrected chi connectivity index (χ1v) is 6.66. The van der Waals surface area contributed by atoms with Crippen molar-refractivity contribution < 1.29 is 13.2 Å². The Hall–Kier alpha value is -1.36. The summed E-state index contributed by atoms with van der Waals surface area (Å²) in [5, 5.41) is -1.29. The minimum absolute atomic E-state index is 0.0145. The lowest BCUT2D eigenvalue weighted by Gasteiger charge is -2.15. The summed E-state index contributed by atoms with van der Waals surface area (Å²) in [4.78, 5) is 10.8. The van der Waals surface area contributed by atoms with Gasteiger partial charge in [0.2, 0.25) is 0 Å². The number of carbonyl (C=O) groups excluding carboxylic acids is 1. The molecule has 86 valence electrons. The van der Waals surface area contributed by atoms with Crippen LogP contribution < -0.4 is 5.73 Å². The molecule has 0 fully saturated rings. The summed E-state index contributed by atoms with van der Waals surface area (Å²) in [6.45, 7) is 0. The molecule has 1 aromatic rings. The average molecular weight is 239 g/mol. The van der Waals surface area contributed by atoms with Crippen molar-refractivity contribution in [3.63, 3.8) is 0 Å². The van der Waals surface area contributed by atoms with Crippen LogP contribution in [0.4, 0.5) is 4.79 Å². The first-order chi connectivity index (χ1) is 7.51. The van der Waals surface area contributed by atoms with E-state index in [9.17, 15) is 13.2 Å². The maximum Gasteiger partial charge on any atom is 0.338 e. The quantitative estimate of drug-likeness (QED) is 0.805. The van der Waals surface area contributed by atoms with Gasteiger partial charge in [0, 0.05) is 0 Å². The number of benzene rings is 1. The summed E-state index contributed by atoms with van der Waals surface area (Å²) in [7, 11) is -3.97. The molecule has 0 saturated heterocycles. The molecule has 5 heteroatoms. The number of hydrogen-bond donors (Lipinski definition) is 1. The van der Waals surface area contributed by atoms with Crippen LogP contribution in [-0.2, 0) is 22.7 Å². The molecular weight excluding hydrogens is 226 g/mol. The zero-order valence-corrected chi connectivity index (χ0v) is 9.59. The van der Waals surface area contributed by atoms with Gasteiger partial charge >= 0.3 is 5.24 Å². The van der Waals surface area contributed by atoms with Crippen molar-refractivity contribution in [1.82, 2.24) is 0 Å². The summed E-state index contributed by atoms with van der Waals surface area (Å²) < 4.78 is 23.1. The molecule has 1 aromatic carbocycles. The number of amides is 1. The summed E-state index contributed by atoms with van der Waals surface area (Å²) in [6, 6.07) is 4.82. The van der Waals surface area contributed by atoms with E-state index in [1.807, 2.05) is 0 Å². The van der Waals surface area contributed by atoms with Crippen LogP contribution in [-0.4, -0.2) is 13.7 Å². The predicted molar refractivity (Wildman–Crippen MR) is 59.9 cm³/mol. The molecule has 0 spiro atoms. The van der Waals surface area contributed by atoms with Gasteiger partial charge in [-0.15, -0.1) is 0 Å². The van der Waals surface area contributed by atoms with Gasteiger partial charge in [-0.25, -0.2) is 8.42 Å². The standard InChI is InChI=1S/C11H13NO3S/c12-11(13)16(14,15)10-6-5-8-3-1-2-4-9(8)7-10/h5-7H,1-4H2,(H2,12,13). The van der Waals surface area contributed by atoms with Crippen LogP contribution in [0.15, 0.2) is 23.1 Å². The summed E-state index contributed by atoms with van der Waals surface area (Å²) in [6.07, 6.45) is 4.05. The fourth-order valence-corrected chi connectivity index (χ4v) is 2.77. The second-order valence-corrected chi connectivity index (χ2v) is 5.84. The molecule has 0 aliphatic heterocycles. The fourth-order valence-electron chi connectivity index (χ4n) is 1.99. The van der Waals surface area contributed by atoms with Crippen LogP contribution in [0.5, 0.6) is 0 Å². The van der Waals surface area contributed by atoms with Crippen molar-refractivity contribution >= 4 is 15.1 Å². The number of carbonyl (C=O) groups is 1. The third kappa shape index (κ3) is 1.82. The highest BCUT2D eigenvalue weighted by Gasteiger charge is 2.23. The molecule has 0 heterocycles. The lowest BCUT2D eigenvalue weighted by molar-refractivity contribution is 0.265. The molecule has 0 bridgehead atoms. The van der Waals surface area contributed by atoms with Gasteiger partial charge in [0.25, 0.3) is 9.84 Å². The Bertz CT molecular complexity index is 534. The molecule has 0 unspecified atom stereocenters. The van der Waals surface area contributed by atoms with Gasteiger partial charge in [-0.2, -0.15) is 0 Å². The predicted octanol–water partition coefficient (Wildman–Crippen LogP) is 1.42. The zero-order chi connectivity index (χ0) is 11.8. The molecule has 2 rings (SSSR count). The lowest BCUT2D eigenvalue weighted by atomic mass is 9.92. The van der Waals surface area contributed by atoms with E-state index in [2.05, 4.69) is 0 Å². The van der Waals surface area contributed by atoms with Crippen molar-refractivity contribution in [2.24, 2.45) is 5.73 Å². The fraction of sp³-hybridized carbons (Fsp3) is 0.364. The number of sulfone groups is 1. The maximum atomic E-state index is 11.5. The molecule has 0 aromatic heterocycles. The first-order valence-electron chi connectivity index (χ1n) is 5.18. The Morgan fingerprint density at radius 1 is 1.12 bits per heavy atom. The summed E-state index contributed by atoms with van der Waals surface area (Å²) >= 11 is 0. The first kappa shape index (κ1) is 11.1. The van der Waals surface area contributed by atoms with Crippen LogP contribution in [0.3, 0.4) is 0 Å². The molecule has 1 aliphatic rings. The molecule has 16 heavy (non-hydrogen) atoms. The normalized spacial score (nSPS) is 15.5. The number of fused-ring (bicyclic) bond motifs is 1. The van der Waals surface area contributed by atoms with Crippen LogP contribution in [0.2, 0.25) is 0 Å². The second-order valence-electron chi connectivity index (χ2n) is 3.96. The van der Waals surface area contributed by atoms with Crippen LogP contribution in [0.1, 0.15) is 24.0 Å². The highest BCUT2D eigenvalue weighted by molar-refractivity contribution is 8.06. The van der Waals surface area contributed by atoms with E-state index in [-0.39, 0.29) is 4.90 Å². The van der Waals surface area contributed by atoms with E-state index in [4.69, 9.17) is 5.73 Å². The van der Waals surface area contributed by atoms with E-state index in [0.717, 1.165) is 31.2 Å². The minimum atomic E-state index is -3.97. The Labute approximate surface area is 94.4 Å². The van der Waals surface area contributed by atoms with Crippen molar-refractivity contribution in [3.8, 4) is 0 Å². The smallest absolute Gasteiger partial charge is 0.338 e. The summed E-state index contributed by atoms with van der Waals surface area (Å²) in [5.41, 5.74) is 7.05. The SMILES string of the molecule is NC(=O)S(=O)(=O)c1ccc2c(c1)CCCC2. The monoisotopic (exact) mass is 239 g/mol. The second kappa shape index (κ2) is 3.90. The van der Waals surface area contributed by atoms with Gasteiger partial charge in [0.15, 0.2) is 0 Å². The zero-order valence-electron chi connectivity index (χ0n) is 8.77. The molecule has 1 aliphatic carbocycles. The van der Waals surface area contributed by atoms with Crippen molar-refractivity contribution in [2.75, 3.05) is 0 Å². The number of aryl methyl sites for hydroxylation is 2. The van der Waals surface area contributed by atoms with Crippen LogP contribution >= 0.6 is 0 Å². The summed E-state index contributed by atoms with van der Waals surface area (Å²) in [5.74, 6) is 0. The Kier molecular flexibility index (Phi) is 2.71. The molecule has 0 atom stereocenters. The molecular formula is C11H13NO3S. The Morgan fingerprint density at radius 2 is 1.75 bits per heavy atom. The van der Waals surface area contributed by atoms with Crippen LogP contribution in [0.25, 0.3) is 0 Å². The Morgan fingerprint density at radius 3 is 2.38 bits per heavy atom. The maximum absolute atomic E-state index is 11.5. The van der Waals surface area contributed by atoms with Gasteiger partial charge < -0.3 is 5.73 Å². The van der Waals surface area contributed by atoms with Gasteiger partial charge in [-0.3, -0.25) is 4.79 Å². The largest absolute Gasteiger partial charge is 0.356 e. The van der Waals surface area contributed by atoms with E-state index in [1.54, 1.807) is 12.1 Å². The van der Waals surface area contributed by atoms with Crippen LogP contribution in [0, 0.1) is 0 Å². The van der Waals surface area contributed by atoms with E-state index in [1.165, 1.54) is 11.6 Å². The van der Waals surface area contributed by atoms with E-state index in [0.29, 0.717) is 0 Å². The third-order valence-electron chi connectivity index (χ3n) is 2.90. The highest BCUT2D eigenvalue weighted by atomic mass is 32.2. The number of nitrogens with two attached hydrogens (primary N) is 1. The van der Waals surface area contributed by atoms with Gasteiger partial charge in [-0.05, 0) is 48.9 Å². The molecule has 0 radical (unpaired) electrons. The third-order valence-corrected chi connectivity index (χ3v) is 4.30. The topological polar surface area (TPSA) is 77.2 Å². The van der Waals surface area contributed by atoms with E-state index < -0.39 is 15.1 Å². The highest BCUT2D eigenvalue weighted by Crippen LogP contribution is 2.24. The van der Waals surface area contributed by atoms with Crippen molar-refractivity contribution in [1.29, 1.82) is 0 Å². The molecule has 0 saturated carbocycles. The van der Waals surface area contributed by atoms with Gasteiger partial charge in [0.05, 0.1) is 4.90 Å². The molecule has 2 N–H and O–H groups in total. The number of hydrogen-bond acceptors (Lipinski definition) is 3. The minimum Gasteiger partial charge on any atom is -0.356 e. The van der Waals surface area contributed by atoms with Crippen molar-refractivity contribution in [3.05, 3.63) is 29.3 Å². The molecule has 4 nitrogen and oxygen atoms in total. The average Bonchev–Trinajstić information content (AvgIpc) is 2.28. The van der Waals surface area contributed by atoms with Crippen molar-refractivity contribution in [2.45, 2.75) is 30.6 Å². The number of rotatable bonds is 1. The Balaban J connectivity index is 2.49. The number of primary amides is 1. The van der Waals surface area contributed by atoms with Gasteiger partial charge in [-0.1, -0.05) is 6.07 Å². The molecule has 1 amide bonds. The lowest BCUT2D eigenvalue weighted by Crippen LogP contribution is -2.22. The van der Waals surface area contributed by atoms with Gasteiger partial charge in [0.1, 0.15) is 0 Å².